The van der Waals surface area contributed by atoms with Crippen LogP contribution in [0.25, 0.3) is 11.3 Å². The van der Waals surface area contributed by atoms with Gasteiger partial charge in [-0.05, 0) is 55.3 Å². The summed E-state index contributed by atoms with van der Waals surface area (Å²) in [7, 11) is -3.31. The van der Waals surface area contributed by atoms with Gasteiger partial charge in [-0.2, -0.15) is 0 Å². The van der Waals surface area contributed by atoms with Crippen LogP contribution in [0.1, 0.15) is 38.0 Å². The van der Waals surface area contributed by atoms with E-state index in [1.807, 2.05) is 0 Å². The molecule has 4 rings (SSSR count). The Hall–Kier alpha value is -2.35. The largest absolute Gasteiger partial charge is 0.441 e. The summed E-state index contributed by atoms with van der Waals surface area (Å²) in [5.74, 6) is 0.695. The molecule has 1 N–H and O–H groups in total. The Balaban J connectivity index is 1.33. The van der Waals surface area contributed by atoms with Crippen molar-refractivity contribution >= 4 is 44.6 Å². The molecule has 3 aromatic rings. The molecule has 0 radical (unpaired) electrons. The molecule has 1 aliphatic carbocycles. The smallest absolute Gasteiger partial charge is 0.224 e. The van der Waals surface area contributed by atoms with E-state index in [-0.39, 0.29) is 17.6 Å². The molecular formula is C23H22Cl2N2O4S. The van der Waals surface area contributed by atoms with Gasteiger partial charge in [0.1, 0.15) is 0 Å². The Morgan fingerprint density at radius 3 is 2.50 bits per heavy atom. The number of carbonyl (C=O) groups is 1. The fourth-order valence-corrected chi connectivity index (χ4v) is 6.16. The summed E-state index contributed by atoms with van der Waals surface area (Å²) in [6.45, 7) is 0. The number of sulfone groups is 1. The number of anilines is 1. The highest BCUT2D eigenvalue weighted by molar-refractivity contribution is 7.92. The first-order valence-corrected chi connectivity index (χ1v) is 12.7. The third-order valence-corrected chi connectivity index (χ3v) is 8.35. The summed E-state index contributed by atoms with van der Waals surface area (Å²) in [6.07, 6.45) is 5.38. The molecule has 32 heavy (non-hydrogen) atoms. The molecule has 1 saturated carbocycles. The Morgan fingerprint density at radius 2 is 1.81 bits per heavy atom. The van der Waals surface area contributed by atoms with E-state index in [9.17, 15) is 13.2 Å². The van der Waals surface area contributed by atoms with Crippen LogP contribution in [0.15, 0.2) is 58.0 Å². The molecule has 0 aliphatic heterocycles. The minimum Gasteiger partial charge on any atom is -0.441 e. The van der Waals surface area contributed by atoms with Gasteiger partial charge in [0.15, 0.2) is 21.5 Å². The molecule has 0 unspecified atom stereocenters. The van der Waals surface area contributed by atoms with Gasteiger partial charge in [-0.25, -0.2) is 13.4 Å². The highest BCUT2D eigenvalue weighted by Gasteiger charge is 2.30. The number of nitrogens with one attached hydrogen (secondary N) is 1. The first kappa shape index (κ1) is 22.8. The summed E-state index contributed by atoms with van der Waals surface area (Å²) in [4.78, 5) is 16.8. The number of hydrogen-bond acceptors (Lipinski definition) is 5. The zero-order chi connectivity index (χ0) is 22.7. The molecule has 1 aliphatic rings. The summed E-state index contributed by atoms with van der Waals surface area (Å²) in [5, 5.41) is 3.46. The molecule has 1 heterocycles. The van der Waals surface area contributed by atoms with Crippen LogP contribution in [0, 0.1) is 0 Å². The zero-order valence-corrected chi connectivity index (χ0v) is 19.5. The Labute approximate surface area is 196 Å². The predicted octanol–water partition coefficient (Wildman–Crippen LogP) is 5.94. The molecule has 0 saturated heterocycles. The molecular weight excluding hydrogens is 471 g/mol. The van der Waals surface area contributed by atoms with Crippen LogP contribution in [-0.4, -0.2) is 24.6 Å². The van der Waals surface area contributed by atoms with E-state index < -0.39 is 9.84 Å². The van der Waals surface area contributed by atoms with Gasteiger partial charge in [0.25, 0.3) is 0 Å². The van der Waals surface area contributed by atoms with Crippen molar-refractivity contribution in [3.8, 4) is 11.3 Å². The lowest BCUT2D eigenvalue weighted by Gasteiger charge is -2.12. The number of halogens is 2. The summed E-state index contributed by atoms with van der Waals surface area (Å²) >= 11 is 12.1. The van der Waals surface area contributed by atoms with Gasteiger partial charge in [-0.3, -0.25) is 4.79 Å². The second kappa shape index (κ2) is 9.65. The van der Waals surface area contributed by atoms with Gasteiger partial charge >= 0.3 is 0 Å². The minimum atomic E-state index is -3.31. The molecule has 0 bridgehead atoms. The predicted molar refractivity (Wildman–Crippen MR) is 125 cm³/mol. The molecule has 1 aromatic heterocycles. The van der Waals surface area contributed by atoms with Crippen molar-refractivity contribution in [3.63, 3.8) is 0 Å². The van der Waals surface area contributed by atoms with Gasteiger partial charge in [0, 0.05) is 29.1 Å². The third-order valence-electron chi connectivity index (χ3n) is 5.52. The van der Waals surface area contributed by atoms with Gasteiger partial charge in [0.2, 0.25) is 5.91 Å². The van der Waals surface area contributed by atoms with Crippen molar-refractivity contribution in [2.24, 2.45) is 0 Å². The van der Waals surface area contributed by atoms with E-state index in [4.69, 9.17) is 27.6 Å². The van der Waals surface area contributed by atoms with Crippen LogP contribution in [-0.2, 0) is 21.1 Å². The zero-order valence-electron chi connectivity index (χ0n) is 17.2. The van der Waals surface area contributed by atoms with Crippen molar-refractivity contribution in [2.75, 3.05) is 5.32 Å². The first-order valence-electron chi connectivity index (χ1n) is 10.4. The van der Waals surface area contributed by atoms with Crippen molar-refractivity contribution < 1.29 is 17.6 Å². The van der Waals surface area contributed by atoms with Crippen molar-refractivity contribution in [1.29, 1.82) is 0 Å². The van der Waals surface area contributed by atoms with Crippen LogP contribution in [0.2, 0.25) is 10.0 Å². The van der Waals surface area contributed by atoms with Gasteiger partial charge in [0.05, 0.1) is 21.4 Å². The lowest BCUT2D eigenvalue weighted by Crippen LogP contribution is -2.18. The number of benzene rings is 2. The number of aromatic nitrogens is 1. The average Bonchev–Trinajstić information content (AvgIpc) is 3.45. The fraction of sp³-hybridized carbons (Fsp3) is 0.304. The molecule has 0 spiro atoms. The molecule has 6 nitrogen and oxygen atoms in total. The highest BCUT2D eigenvalue weighted by atomic mass is 35.5. The minimum absolute atomic E-state index is 0.163. The Kier molecular flexibility index (Phi) is 6.88. The van der Waals surface area contributed by atoms with Gasteiger partial charge in [-0.1, -0.05) is 36.0 Å². The molecule has 1 fully saturated rings. The van der Waals surface area contributed by atoms with E-state index in [0.29, 0.717) is 57.1 Å². The maximum Gasteiger partial charge on any atom is 0.224 e. The van der Waals surface area contributed by atoms with Gasteiger partial charge in [-0.15, -0.1) is 0 Å². The van der Waals surface area contributed by atoms with E-state index in [1.54, 1.807) is 48.7 Å². The molecule has 168 valence electrons. The lowest BCUT2D eigenvalue weighted by molar-refractivity contribution is -0.116. The quantitative estimate of drug-likeness (QED) is 0.440. The summed E-state index contributed by atoms with van der Waals surface area (Å²) in [5.41, 5.74) is 1.22. The molecule has 1 amide bonds. The van der Waals surface area contributed by atoms with Crippen LogP contribution in [0.5, 0.6) is 0 Å². The van der Waals surface area contributed by atoms with E-state index in [0.717, 1.165) is 12.8 Å². The number of rotatable bonds is 7. The summed E-state index contributed by atoms with van der Waals surface area (Å²) in [6, 6.07) is 11.4. The molecule has 0 atom stereocenters. The van der Waals surface area contributed by atoms with Crippen LogP contribution in [0.4, 0.5) is 5.69 Å². The van der Waals surface area contributed by atoms with Crippen molar-refractivity contribution in [1.82, 2.24) is 4.98 Å². The first-order chi connectivity index (χ1) is 15.3. The standard InChI is InChI=1S/C23H22Cl2N2O4S/c24-15-5-10-19(20(25)13-15)21-14-26-23(31-21)12-11-22(28)27-16-6-8-18(9-7-16)32(29,30)17-3-1-2-4-17/h5-10,13-14,17H,1-4,11-12H2,(H,27,28). The Bertz CT molecular complexity index is 1220. The highest BCUT2D eigenvalue weighted by Crippen LogP contribution is 2.31. The third kappa shape index (κ3) is 5.17. The van der Waals surface area contributed by atoms with Gasteiger partial charge < -0.3 is 9.73 Å². The number of nitrogens with zero attached hydrogens (tertiary/aromatic N) is 1. The SMILES string of the molecule is O=C(CCc1ncc(-c2ccc(Cl)cc2Cl)o1)Nc1ccc(S(=O)(=O)C2CCCC2)cc1. The van der Waals surface area contributed by atoms with Crippen molar-refractivity contribution in [2.45, 2.75) is 48.7 Å². The molecule has 2 aromatic carbocycles. The van der Waals surface area contributed by atoms with Crippen LogP contribution < -0.4 is 5.32 Å². The number of amides is 1. The average molecular weight is 493 g/mol. The normalized spacial score (nSPS) is 14.6. The second-order valence-electron chi connectivity index (χ2n) is 7.77. The monoisotopic (exact) mass is 492 g/mol. The maximum atomic E-state index is 12.6. The summed E-state index contributed by atoms with van der Waals surface area (Å²) < 4.78 is 31.0. The number of carbonyl (C=O) groups excluding carboxylic acids is 1. The van der Waals surface area contributed by atoms with Crippen molar-refractivity contribution in [3.05, 3.63) is 64.6 Å². The van der Waals surface area contributed by atoms with E-state index in [2.05, 4.69) is 10.3 Å². The maximum absolute atomic E-state index is 12.6. The lowest BCUT2D eigenvalue weighted by atomic mass is 10.2. The van der Waals surface area contributed by atoms with E-state index >= 15 is 0 Å². The van der Waals surface area contributed by atoms with Crippen LogP contribution in [0.3, 0.4) is 0 Å². The second-order valence-corrected chi connectivity index (χ2v) is 10.8. The van der Waals surface area contributed by atoms with Crippen LogP contribution >= 0.6 is 23.2 Å². The fourth-order valence-electron chi connectivity index (χ4n) is 3.80. The topological polar surface area (TPSA) is 89.3 Å². The Morgan fingerprint density at radius 1 is 1.09 bits per heavy atom. The number of hydrogen-bond donors (Lipinski definition) is 1. The number of oxazole rings is 1. The number of aryl methyl sites for hydroxylation is 1. The van der Waals surface area contributed by atoms with E-state index in [1.165, 1.54) is 0 Å². The molecule has 9 heteroatoms.